The largest absolute Gasteiger partial charge is 0.352 e. The number of benzene rings is 2. The van der Waals surface area contributed by atoms with E-state index in [1.165, 1.54) is 6.07 Å². The molecule has 0 aromatic heterocycles. The number of anilines is 1. The van der Waals surface area contributed by atoms with Gasteiger partial charge in [0.1, 0.15) is 17.3 Å². The smallest absolute Gasteiger partial charge is 0.251 e. The minimum atomic E-state index is -0.850. The number of hydrogen-bond acceptors (Lipinski definition) is 2. The molecule has 0 aliphatic heterocycles. The van der Waals surface area contributed by atoms with E-state index in [0.29, 0.717) is 5.56 Å². The van der Waals surface area contributed by atoms with Gasteiger partial charge >= 0.3 is 0 Å². The summed E-state index contributed by atoms with van der Waals surface area (Å²) in [6, 6.07) is 10.0. The van der Waals surface area contributed by atoms with Gasteiger partial charge in [-0.05, 0) is 36.4 Å². The van der Waals surface area contributed by atoms with E-state index < -0.39 is 23.2 Å². The molecule has 0 radical (unpaired) electrons. The Balaban J connectivity index is 1.83. The lowest BCUT2D eigenvalue weighted by molar-refractivity contribution is -0.116. The average Bonchev–Trinajstić information content (AvgIpc) is 2.51. The third-order valence-electron chi connectivity index (χ3n) is 2.97. The van der Waals surface area contributed by atoms with E-state index in [1.807, 2.05) is 0 Å². The van der Waals surface area contributed by atoms with E-state index in [4.69, 9.17) is 0 Å². The lowest BCUT2D eigenvalue weighted by Crippen LogP contribution is -2.27. The van der Waals surface area contributed by atoms with Gasteiger partial charge in [0.25, 0.3) is 5.91 Å². The first-order valence-corrected chi connectivity index (χ1v) is 7.54. The highest BCUT2D eigenvalue weighted by atomic mass is 79.9. The van der Waals surface area contributed by atoms with Crippen molar-refractivity contribution in [3.8, 4) is 0 Å². The van der Waals surface area contributed by atoms with Gasteiger partial charge in [-0.25, -0.2) is 8.78 Å². The van der Waals surface area contributed by atoms with Gasteiger partial charge in [-0.15, -0.1) is 0 Å². The van der Waals surface area contributed by atoms with Crippen LogP contribution in [0.25, 0.3) is 0 Å². The van der Waals surface area contributed by atoms with E-state index in [9.17, 15) is 18.4 Å². The maximum atomic E-state index is 13.4. The molecule has 0 spiro atoms. The van der Waals surface area contributed by atoms with Crippen LogP contribution in [0.15, 0.2) is 46.9 Å². The van der Waals surface area contributed by atoms with Gasteiger partial charge in [0, 0.05) is 23.0 Å². The van der Waals surface area contributed by atoms with Crippen LogP contribution in [0, 0.1) is 11.6 Å². The molecule has 0 saturated carbocycles. The topological polar surface area (TPSA) is 58.2 Å². The molecule has 0 aliphatic rings. The molecule has 7 heteroatoms. The van der Waals surface area contributed by atoms with Gasteiger partial charge in [0.2, 0.25) is 5.91 Å². The number of halogens is 3. The standard InChI is InChI=1S/C16H13BrF2N2O2/c17-11-6-4-10(5-7-11)16(23)20-9-8-14(22)21-15-12(18)2-1-3-13(15)19/h1-7H,8-9H2,(H,20,23)(H,21,22). The molecule has 0 atom stereocenters. The summed E-state index contributed by atoms with van der Waals surface area (Å²) in [4.78, 5) is 23.5. The monoisotopic (exact) mass is 382 g/mol. The van der Waals surface area contributed by atoms with E-state index in [2.05, 4.69) is 26.6 Å². The lowest BCUT2D eigenvalue weighted by atomic mass is 10.2. The summed E-state index contributed by atoms with van der Waals surface area (Å²) in [6.45, 7) is 0.0524. The zero-order valence-corrected chi connectivity index (χ0v) is 13.5. The van der Waals surface area contributed by atoms with E-state index in [0.717, 1.165) is 16.6 Å². The number of carbonyl (C=O) groups excluding carboxylic acids is 2. The second-order valence-electron chi connectivity index (χ2n) is 4.66. The summed E-state index contributed by atoms with van der Waals surface area (Å²) in [6.07, 6.45) is -0.101. The average molecular weight is 383 g/mol. The van der Waals surface area contributed by atoms with Crippen molar-refractivity contribution in [2.45, 2.75) is 6.42 Å². The molecule has 0 saturated heterocycles. The first-order valence-electron chi connectivity index (χ1n) is 6.75. The van der Waals surface area contributed by atoms with Crippen LogP contribution < -0.4 is 10.6 Å². The van der Waals surface area contributed by atoms with Crippen molar-refractivity contribution in [1.82, 2.24) is 5.32 Å². The summed E-state index contributed by atoms with van der Waals surface area (Å²) >= 11 is 3.26. The molecule has 4 nitrogen and oxygen atoms in total. The second-order valence-corrected chi connectivity index (χ2v) is 5.57. The first-order chi connectivity index (χ1) is 11.0. The van der Waals surface area contributed by atoms with Crippen LogP contribution in [0.5, 0.6) is 0 Å². The zero-order chi connectivity index (χ0) is 16.8. The predicted molar refractivity (Wildman–Crippen MR) is 86.1 cm³/mol. The van der Waals surface area contributed by atoms with E-state index >= 15 is 0 Å². The molecule has 0 heterocycles. The number of amides is 2. The van der Waals surface area contributed by atoms with E-state index in [1.54, 1.807) is 24.3 Å². The Morgan fingerprint density at radius 2 is 1.61 bits per heavy atom. The molecule has 120 valence electrons. The Kier molecular flexibility index (Phi) is 5.81. The van der Waals surface area contributed by atoms with Gasteiger partial charge in [0.15, 0.2) is 0 Å². The summed E-state index contributed by atoms with van der Waals surface area (Å²) in [5.41, 5.74) is -0.0366. The van der Waals surface area contributed by atoms with Crippen molar-refractivity contribution in [3.05, 3.63) is 64.1 Å². The Labute approximate surface area is 140 Å². The Bertz CT molecular complexity index is 700. The molecule has 2 aromatic carbocycles. The fourth-order valence-electron chi connectivity index (χ4n) is 1.81. The highest BCUT2D eigenvalue weighted by molar-refractivity contribution is 9.10. The van der Waals surface area contributed by atoms with Crippen molar-refractivity contribution in [1.29, 1.82) is 0 Å². The van der Waals surface area contributed by atoms with Crippen molar-refractivity contribution in [3.63, 3.8) is 0 Å². The van der Waals surface area contributed by atoms with Crippen LogP contribution in [-0.2, 0) is 4.79 Å². The van der Waals surface area contributed by atoms with Crippen molar-refractivity contribution >= 4 is 33.4 Å². The predicted octanol–water partition coefficient (Wildman–Crippen LogP) is 3.49. The third-order valence-corrected chi connectivity index (χ3v) is 3.50. The molecule has 2 rings (SSSR count). The summed E-state index contributed by atoms with van der Waals surface area (Å²) in [5, 5.41) is 4.71. The van der Waals surface area contributed by atoms with Gasteiger partial charge in [-0.3, -0.25) is 9.59 Å². The van der Waals surface area contributed by atoms with Crippen LogP contribution in [0.2, 0.25) is 0 Å². The van der Waals surface area contributed by atoms with Crippen LogP contribution >= 0.6 is 15.9 Å². The number of rotatable bonds is 5. The molecule has 2 N–H and O–H groups in total. The highest BCUT2D eigenvalue weighted by Crippen LogP contribution is 2.18. The zero-order valence-electron chi connectivity index (χ0n) is 11.9. The molecular formula is C16H13BrF2N2O2. The molecule has 0 bridgehead atoms. The van der Waals surface area contributed by atoms with Crippen LogP contribution in [0.1, 0.15) is 16.8 Å². The van der Waals surface area contributed by atoms with E-state index in [-0.39, 0.29) is 18.9 Å². The van der Waals surface area contributed by atoms with Gasteiger partial charge in [0.05, 0.1) is 0 Å². The minimum Gasteiger partial charge on any atom is -0.352 e. The minimum absolute atomic E-state index is 0.0524. The second kappa shape index (κ2) is 7.82. The molecule has 23 heavy (non-hydrogen) atoms. The number of para-hydroxylation sites is 1. The van der Waals surface area contributed by atoms with Gasteiger partial charge in [-0.1, -0.05) is 22.0 Å². The maximum Gasteiger partial charge on any atom is 0.251 e. The quantitative estimate of drug-likeness (QED) is 0.831. The molecule has 0 aliphatic carbocycles. The molecule has 0 unspecified atom stereocenters. The molecule has 2 amide bonds. The van der Waals surface area contributed by atoms with Crippen LogP contribution in [-0.4, -0.2) is 18.4 Å². The molecular weight excluding hydrogens is 370 g/mol. The number of nitrogens with one attached hydrogen (secondary N) is 2. The first kappa shape index (κ1) is 17.1. The van der Waals surface area contributed by atoms with Crippen molar-refractivity contribution in [2.75, 3.05) is 11.9 Å². The van der Waals surface area contributed by atoms with Crippen molar-refractivity contribution in [2.24, 2.45) is 0 Å². The summed E-state index contributed by atoms with van der Waals surface area (Å²) < 4.78 is 27.6. The van der Waals surface area contributed by atoms with Gasteiger partial charge < -0.3 is 10.6 Å². The number of hydrogen-bond donors (Lipinski definition) is 2. The number of carbonyl (C=O) groups is 2. The highest BCUT2D eigenvalue weighted by Gasteiger charge is 2.12. The Hall–Kier alpha value is -2.28. The maximum absolute atomic E-state index is 13.4. The third kappa shape index (κ3) is 4.85. The molecule has 0 fully saturated rings. The Morgan fingerprint density at radius 3 is 2.22 bits per heavy atom. The fraction of sp³-hybridized carbons (Fsp3) is 0.125. The summed E-state index contributed by atoms with van der Waals surface area (Å²) in [7, 11) is 0. The van der Waals surface area contributed by atoms with Gasteiger partial charge in [-0.2, -0.15) is 0 Å². The van der Waals surface area contributed by atoms with Crippen LogP contribution in [0.4, 0.5) is 14.5 Å². The molecule has 2 aromatic rings. The Morgan fingerprint density at radius 1 is 1.00 bits per heavy atom. The van der Waals surface area contributed by atoms with Crippen molar-refractivity contribution < 1.29 is 18.4 Å². The summed E-state index contributed by atoms with van der Waals surface area (Å²) in [5.74, 6) is -2.62. The SMILES string of the molecule is O=C(CCNC(=O)c1ccc(Br)cc1)Nc1c(F)cccc1F. The van der Waals surface area contributed by atoms with Crippen LogP contribution in [0.3, 0.4) is 0 Å². The normalized spacial score (nSPS) is 10.2. The lowest BCUT2D eigenvalue weighted by Gasteiger charge is -2.08. The fourth-order valence-corrected chi connectivity index (χ4v) is 2.08.